The molecule has 0 unspecified atom stereocenters. The van der Waals surface area contributed by atoms with Crippen LogP contribution in [0.4, 0.5) is 0 Å². The first-order chi connectivity index (χ1) is 8.77. The summed E-state index contributed by atoms with van der Waals surface area (Å²) in [7, 11) is 0. The monoisotopic (exact) mass is 345 g/mol. The SMILES string of the molecule is CCCCN(CCCC)C(=S)Sc1ccccc1.[Zn]. The van der Waals surface area contributed by atoms with Gasteiger partial charge < -0.3 is 4.90 Å². The maximum atomic E-state index is 5.57. The zero-order valence-corrected chi connectivity index (χ0v) is 16.7. The van der Waals surface area contributed by atoms with Crippen molar-refractivity contribution in [3.05, 3.63) is 30.3 Å². The third kappa shape index (κ3) is 8.06. The van der Waals surface area contributed by atoms with Crippen LogP contribution in [0, 0.1) is 0 Å². The van der Waals surface area contributed by atoms with Crippen LogP contribution in [0.2, 0.25) is 0 Å². The molecule has 0 aliphatic rings. The molecule has 0 saturated heterocycles. The maximum absolute atomic E-state index is 5.57. The van der Waals surface area contributed by atoms with E-state index in [0.29, 0.717) is 0 Å². The van der Waals surface area contributed by atoms with Crippen molar-refractivity contribution in [3.8, 4) is 0 Å². The van der Waals surface area contributed by atoms with Crippen molar-refractivity contribution in [2.45, 2.75) is 44.4 Å². The van der Waals surface area contributed by atoms with Crippen LogP contribution in [-0.2, 0) is 19.5 Å². The van der Waals surface area contributed by atoms with Crippen molar-refractivity contribution < 1.29 is 19.5 Å². The van der Waals surface area contributed by atoms with Crippen molar-refractivity contribution in [1.82, 2.24) is 4.90 Å². The van der Waals surface area contributed by atoms with Crippen LogP contribution in [0.15, 0.2) is 35.2 Å². The van der Waals surface area contributed by atoms with Gasteiger partial charge in [-0.1, -0.05) is 68.9 Å². The fourth-order valence-electron chi connectivity index (χ4n) is 1.65. The summed E-state index contributed by atoms with van der Waals surface area (Å²) in [4.78, 5) is 3.60. The summed E-state index contributed by atoms with van der Waals surface area (Å²) in [6, 6.07) is 10.4. The quantitative estimate of drug-likeness (QED) is 0.390. The molecule has 1 aromatic rings. The van der Waals surface area contributed by atoms with Crippen LogP contribution < -0.4 is 0 Å². The molecule has 0 spiro atoms. The van der Waals surface area contributed by atoms with E-state index in [4.69, 9.17) is 12.2 Å². The number of thiocarbonyl (C=S) groups is 1. The van der Waals surface area contributed by atoms with Crippen LogP contribution >= 0.6 is 24.0 Å². The Hall–Kier alpha value is 0.0834. The van der Waals surface area contributed by atoms with Crippen LogP contribution in [0.25, 0.3) is 0 Å². The summed E-state index contributed by atoms with van der Waals surface area (Å²) >= 11 is 7.28. The number of nitrogens with zero attached hydrogens (tertiary/aromatic N) is 1. The van der Waals surface area contributed by atoms with Gasteiger partial charge in [0, 0.05) is 37.5 Å². The standard InChI is InChI=1S/C15H23NS2.Zn/c1-3-5-12-16(13-6-4-2)15(17)18-14-10-8-7-9-11-14;/h7-11H,3-6,12-13H2,1-2H3;. The van der Waals surface area contributed by atoms with E-state index in [9.17, 15) is 0 Å². The molecule has 0 aliphatic carbocycles. The first-order valence-electron chi connectivity index (χ1n) is 6.79. The third-order valence-corrected chi connectivity index (χ3v) is 4.22. The Morgan fingerprint density at radius 2 is 1.58 bits per heavy atom. The van der Waals surface area contributed by atoms with E-state index >= 15 is 0 Å². The summed E-state index contributed by atoms with van der Waals surface area (Å²) in [5.41, 5.74) is 0. The second kappa shape index (κ2) is 11.9. The van der Waals surface area contributed by atoms with Gasteiger partial charge in [-0.25, -0.2) is 0 Å². The second-order valence-electron chi connectivity index (χ2n) is 4.38. The van der Waals surface area contributed by atoms with Gasteiger partial charge in [-0.3, -0.25) is 0 Å². The van der Waals surface area contributed by atoms with Gasteiger partial charge in [0.05, 0.1) is 0 Å². The minimum atomic E-state index is 0. The van der Waals surface area contributed by atoms with Crippen molar-refractivity contribution in [2.75, 3.05) is 13.1 Å². The van der Waals surface area contributed by atoms with E-state index in [1.54, 1.807) is 11.8 Å². The molecule has 0 heterocycles. The first kappa shape index (κ1) is 19.1. The molecule has 102 valence electrons. The van der Waals surface area contributed by atoms with E-state index in [2.05, 4.69) is 43.0 Å². The van der Waals surface area contributed by atoms with Crippen LogP contribution in [-0.4, -0.2) is 22.3 Å². The predicted molar refractivity (Wildman–Crippen MR) is 86.3 cm³/mol. The third-order valence-electron chi connectivity index (χ3n) is 2.77. The zero-order chi connectivity index (χ0) is 13.2. The summed E-state index contributed by atoms with van der Waals surface area (Å²) < 4.78 is 1.02. The van der Waals surface area contributed by atoms with Crippen molar-refractivity contribution in [3.63, 3.8) is 0 Å². The average molecular weight is 347 g/mol. The number of hydrogen-bond acceptors (Lipinski definition) is 2. The number of rotatable bonds is 7. The van der Waals surface area contributed by atoms with Crippen molar-refractivity contribution in [1.29, 1.82) is 0 Å². The molecule has 19 heavy (non-hydrogen) atoms. The number of thioether (sulfide) groups is 1. The van der Waals surface area contributed by atoms with Gasteiger partial charge in [0.25, 0.3) is 0 Å². The van der Waals surface area contributed by atoms with Crippen LogP contribution in [0.3, 0.4) is 0 Å². The molecule has 0 amide bonds. The molecule has 0 saturated carbocycles. The fraction of sp³-hybridized carbons (Fsp3) is 0.533. The summed E-state index contributed by atoms with van der Waals surface area (Å²) in [6.07, 6.45) is 4.89. The summed E-state index contributed by atoms with van der Waals surface area (Å²) in [5, 5.41) is 0. The number of benzene rings is 1. The Morgan fingerprint density at radius 3 is 2.05 bits per heavy atom. The van der Waals surface area contributed by atoms with Gasteiger partial charge in [0.15, 0.2) is 0 Å². The molecule has 0 radical (unpaired) electrons. The smallest absolute Gasteiger partial charge is 0.141 e. The molecular formula is C15H23NS2Zn. The molecule has 1 nitrogen and oxygen atoms in total. The van der Waals surface area contributed by atoms with Gasteiger partial charge >= 0.3 is 0 Å². The topological polar surface area (TPSA) is 3.24 Å². The normalized spacial score (nSPS) is 9.79. The molecule has 4 heteroatoms. The number of hydrogen-bond donors (Lipinski definition) is 0. The summed E-state index contributed by atoms with van der Waals surface area (Å²) in [6.45, 7) is 6.64. The van der Waals surface area contributed by atoms with E-state index in [1.165, 1.54) is 30.6 Å². The fourth-order valence-corrected chi connectivity index (χ4v) is 2.92. The Balaban J connectivity index is 0.00000324. The van der Waals surface area contributed by atoms with Crippen LogP contribution in [0.5, 0.6) is 0 Å². The molecule has 0 atom stereocenters. The Morgan fingerprint density at radius 1 is 1.05 bits per heavy atom. The van der Waals surface area contributed by atoms with E-state index in [-0.39, 0.29) is 19.5 Å². The first-order valence-corrected chi connectivity index (χ1v) is 8.02. The van der Waals surface area contributed by atoms with Gasteiger partial charge in [-0.05, 0) is 25.0 Å². The van der Waals surface area contributed by atoms with Crippen molar-refractivity contribution >= 4 is 28.3 Å². The van der Waals surface area contributed by atoms with Gasteiger partial charge in [-0.15, -0.1) is 0 Å². The molecule has 1 rings (SSSR count). The summed E-state index contributed by atoms with van der Waals surface area (Å²) in [5.74, 6) is 0. The average Bonchev–Trinajstić information content (AvgIpc) is 2.40. The Kier molecular flexibility index (Phi) is 11.9. The zero-order valence-electron chi connectivity index (χ0n) is 12.1. The second-order valence-corrected chi connectivity index (χ2v) is 6.08. The predicted octanol–water partition coefficient (Wildman–Crippen LogP) is 4.96. The largest absolute Gasteiger partial charge is 0.357 e. The van der Waals surface area contributed by atoms with E-state index in [0.717, 1.165) is 17.4 Å². The van der Waals surface area contributed by atoms with Crippen LogP contribution in [0.1, 0.15) is 39.5 Å². The van der Waals surface area contributed by atoms with E-state index in [1.807, 2.05) is 6.07 Å². The van der Waals surface area contributed by atoms with E-state index < -0.39 is 0 Å². The van der Waals surface area contributed by atoms with Crippen molar-refractivity contribution in [2.24, 2.45) is 0 Å². The minimum Gasteiger partial charge on any atom is -0.357 e. The molecule has 0 fully saturated rings. The minimum absolute atomic E-state index is 0. The Labute approximate surface area is 140 Å². The number of unbranched alkanes of at least 4 members (excludes halogenated alkanes) is 2. The molecular weight excluding hydrogens is 324 g/mol. The molecule has 0 aromatic heterocycles. The van der Waals surface area contributed by atoms with Gasteiger partial charge in [-0.2, -0.15) is 0 Å². The van der Waals surface area contributed by atoms with Gasteiger partial charge in [0.2, 0.25) is 0 Å². The maximum Gasteiger partial charge on any atom is 0.141 e. The Bertz CT molecular complexity index is 335. The molecule has 1 aromatic carbocycles. The molecule has 0 aliphatic heterocycles. The van der Waals surface area contributed by atoms with Gasteiger partial charge in [0.1, 0.15) is 4.32 Å². The molecule has 0 bridgehead atoms. The molecule has 0 N–H and O–H groups in total.